The quantitative estimate of drug-likeness (QED) is 0.126. The molecular formula is C23H21I3O5S. The van der Waals surface area contributed by atoms with Crippen molar-refractivity contribution in [2.45, 2.75) is 42.9 Å². The van der Waals surface area contributed by atoms with Crippen LogP contribution in [0.5, 0.6) is 5.75 Å². The molecular weight excluding hydrogens is 769 g/mol. The summed E-state index contributed by atoms with van der Waals surface area (Å²) >= 11 is 6.67. The van der Waals surface area contributed by atoms with Gasteiger partial charge in [-0.3, -0.25) is 4.55 Å². The van der Waals surface area contributed by atoms with E-state index in [4.69, 9.17) is 4.74 Å². The van der Waals surface area contributed by atoms with Crippen LogP contribution in [-0.2, 0) is 10.1 Å². The molecule has 2 aromatic carbocycles. The van der Waals surface area contributed by atoms with E-state index in [1.807, 2.05) is 12.1 Å². The van der Waals surface area contributed by atoms with E-state index in [-0.39, 0.29) is 10.8 Å². The summed E-state index contributed by atoms with van der Waals surface area (Å²) in [6, 6.07) is 8.09. The lowest BCUT2D eigenvalue weighted by Gasteiger charge is -2.54. The van der Waals surface area contributed by atoms with Crippen LogP contribution in [-0.4, -0.2) is 18.9 Å². The number of carbonyl (C=O) groups excluding carboxylic acids is 1. The number of hydrogen-bond donors (Lipinski definition) is 1. The molecule has 2 aromatic rings. The third-order valence-electron chi connectivity index (χ3n) is 7.28. The van der Waals surface area contributed by atoms with Gasteiger partial charge in [-0.1, -0.05) is 0 Å². The summed E-state index contributed by atoms with van der Waals surface area (Å²) in [4.78, 5) is 12.9. The Balaban J connectivity index is 1.51. The number of hydrogen-bond acceptors (Lipinski definition) is 4. The molecule has 0 spiro atoms. The molecule has 170 valence electrons. The molecule has 0 unspecified atom stereocenters. The van der Waals surface area contributed by atoms with Gasteiger partial charge in [0, 0.05) is 10.7 Å². The average Bonchev–Trinajstić information content (AvgIpc) is 2.70. The number of benzene rings is 2. The second-order valence-electron chi connectivity index (χ2n) is 9.27. The normalized spacial score (nSPS) is 28.7. The first kappa shape index (κ1) is 23.7. The SMILES string of the molecule is O=C(Oc1cc(I)c(I)c(I)c1)c1ccc(S(=O)(=O)O)c(C2C3CC4CC(C3)CC2C4)c1. The van der Waals surface area contributed by atoms with Crippen LogP contribution < -0.4 is 4.74 Å². The van der Waals surface area contributed by atoms with Crippen molar-refractivity contribution in [3.63, 3.8) is 0 Å². The molecule has 4 bridgehead atoms. The summed E-state index contributed by atoms with van der Waals surface area (Å²) in [5.74, 6) is 2.30. The van der Waals surface area contributed by atoms with E-state index in [9.17, 15) is 17.8 Å². The Kier molecular flexibility index (Phi) is 6.60. The standard InChI is InChI=1S/C23H21I3O5S/c24-18-9-16(10-19(25)22(18)26)31-23(27)13-1-2-20(32(28,29)30)17(8-13)21-14-4-11-3-12(6-14)7-15(21)5-11/h1-2,8-12,14-15,21H,3-7H2,(H,28,29,30). The first-order valence-corrected chi connectivity index (χ1v) is 15.3. The van der Waals surface area contributed by atoms with Crippen LogP contribution in [0.25, 0.3) is 0 Å². The molecule has 0 atom stereocenters. The molecule has 4 saturated carbocycles. The highest BCUT2D eigenvalue weighted by molar-refractivity contribution is 14.1. The van der Waals surface area contributed by atoms with Gasteiger partial charge in [-0.15, -0.1) is 0 Å². The van der Waals surface area contributed by atoms with Gasteiger partial charge in [0.05, 0.1) is 10.5 Å². The Labute approximate surface area is 228 Å². The number of halogens is 3. The van der Waals surface area contributed by atoms with E-state index < -0.39 is 16.1 Å². The zero-order chi connectivity index (χ0) is 22.8. The lowest BCUT2D eigenvalue weighted by molar-refractivity contribution is -0.00372. The lowest BCUT2D eigenvalue weighted by Crippen LogP contribution is -2.44. The van der Waals surface area contributed by atoms with Crippen LogP contribution in [0.4, 0.5) is 0 Å². The van der Waals surface area contributed by atoms with E-state index in [2.05, 4.69) is 67.8 Å². The molecule has 32 heavy (non-hydrogen) atoms. The molecule has 0 saturated heterocycles. The van der Waals surface area contributed by atoms with Gasteiger partial charge in [0.15, 0.2) is 0 Å². The largest absolute Gasteiger partial charge is 0.423 e. The minimum Gasteiger partial charge on any atom is -0.423 e. The Hall–Kier alpha value is 0.01000. The van der Waals surface area contributed by atoms with Crippen LogP contribution in [0.1, 0.15) is 53.9 Å². The second-order valence-corrected chi connectivity index (χ2v) is 14.1. The summed E-state index contributed by atoms with van der Waals surface area (Å²) in [6.45, 7) is 0. The van der Waals surface area contributed by atoms with Gasteiger partial charge in [0.2, 0.25) is 0 Å². The molecule has 4 aliphatic rings. The molecule has 4 aliphatic carbocycles. The molecule has 5 nitrogen and oxygen atoms in total. The van der Waals surface area contributed by atoms with Crippen molar-refractivity contribution in [1.29, 1.82) is 0 Å². The Morgan fingerprint density at radius 1 is 0.906 bits per heavy atom. The Morgan fingerprint density at radius 3 is 2.00 bits per heavy atom. The van der Waals surface area contributed by atoms with Gasteiger partial charge in [0.1, 0.15) is 5.75 Å². The smallest absolute Gasteiger partial charge is 0.343 e. The fourth-order valence-electron chi connectivity index (χ4n) is 6.36. The Morgan fingerprint density at radius 2 is 1.47 bits per heavy atom. The highest BCUT2D eigenvalue weighted by atomic mass is 127. The van der Waals surface area contributed by atoms with E-state index in [1.54, 1.807) is 6.07 Å². The molecule has 0 heterocycles. The first-order chi connectivity index (χ1) is 15.1. The highest BCUT2D eigenvalue weighted by Gasteiger charge is 2.49. The second kappa shape index (κ2) is 8.90. The molecule has 0 aromatic heterocycles. The predicted molar refractivity (Wildman–Crippen MR) is 146 cm³/mol. The minimum absolute atomic E-state index is 0.0627. The van der Waals surface area contributed by atoms with Gasteiger partial charge >= 0.3 is 5.97 Å². The summed E-state index contributed by atoms with van der Waals surface area (Å²) in [6.07, 6.45) is 5.73. The minimum atomic E-state index is -4.39. The first-order valence-electron chi connectivity index (χ1n) is 10.6. The van der Waals surface area contributed by atoms with Gasteiger partial charge in [0.25, 0.3) is 10.1 Å². The molecule has 4 fully saturated rings. The topological polar surface area (TPSA) is 80.7 Å². The van der Waals surface area contributed by atoms with Gasteiger partial charge < -0.3 is 4.74 Å². The Bertz CT molecular complexity index is 1160. The van der Waals surface area contributed by atoms with Crippen molar-refractivity contribution in [3.05, 3.63) is 52.2 Å². The van der Waals surface area contributed by atoms with E-state index in [1.165, 1.54) is 18.6 Å². The maximum atomic E-state index is 13.0. The molecule has 0 aliphatic heterocycles. The predicted octanol–water partition coefficient (Wildman–Crippen LogP) is 6.51. The van der Waals surface area contributed by atoms with Crippen LogP contribution >= 0.6 is 67.8 Å². The van der Waals surface area contributed by atoms with E-state index in [0.717, 1.165) is 48.2 Å². The van der Waals surface area contributed by atoms with Crippen LogP contribution in [0.2, 0.25) is 0 Å². The zero-order valence-electron chi connectivity index (χ0n) is 16.9. The number of esters is 1. The van der Waals surface area contributed by atoms with Crippen molar-refractivity contribution in [2.24, 2.45) is 23.7 Å². The molecule has 0 amide bonds. The van der Waals surface area contributed by atoms with Crippen molar-refractivity contribution < 1.29 is 22.5 Å². The van der Waals surface area contributed by atoms with Crippen LogP contribution in [0.3, 0.4) is 0 Å². The van der Waals surface area contributed by atoms with Gasteiger partial charge in [-0.25, -0.2) is 4.79 Å². The van der Waals surface area contributed by atoms with Crippen LogP contribution in [0.15, 0.2) is 35.2 Å². The van der Waals surface area contributed by atoms with Gasteiger partial charge in [-0.2, -0.15) is 8.42 Å². The maximum Gasteiger partial charge on any atom is 0.343 e. The van der Waals surface area contributed by atoms with Crippen molar-refractivity contribution in [1.82, 2.24) is 0 Å². The average molecular weight is 790 g/mol. The van der Waals surface area contributed by atoms with E-state index >= 15 is 0 Å². The third-order valence-corrected chi connectivity index (χ3v) is 13.1. The van der Waals surface area contributed by atoms with Crippen LogP contribution in [0, 0.1) is 34.4 Å². The van der Waals surface area contributed by atoms with Crippen molar-refractivity contribution in [2.75, 3.05) is 0 Å². The van der Waals surface area contributed by atoms with Crippen molar-refractivity contribution in [3.8, 4) is 5.75 Å². The monoisotopic (exact) mass is 790 g/mol. The highest BCUT2D eigenvalue weighted by Crippen LogP contribution is 2.60. The zero-order valence-corrected chi connectivity index (χ0v) is 24.2. The molecule has 9 heteroatoms. The molecule has 1 N–H and O–H groups in total. The molecule has 0 radical (unpaired) electrons. The van der Waals surface area contributed by atoms with Gasteiger partial charge in [-0.05, 0) is 165 Å². The summed E-state index contributed by atoms with van der Waals surface area (Å²) in [5.41, 5.74) is 0.896. The molecule has 6 rings (SSSR count). The number of ether oxygens (including phenoxy) is 1. The summed E-state index contributed by atoms with van der Waals surface area (Å²) < 4.78 is 43.1. The maximum absolute atomic E-state index is 13.0. The lowest BCUT2D eigenvalue weighted by atomic mass is 9.50. The summed E-state index contributed by atoms with van der Waals surface area (Å²) in [5, 5.41) is 0. The fraction of sp³-hybridized carbons (Fsp3) is 0.435. The van der Waals surface area contributed by atoms with E-state index in [0.29, 0.717) is 28.7 Å². The number of carbonyl (C=O) groups is 1. The summed E-state index contributed by atoms with van der Waals surface area (Å²) in [7, 11) is -4.39. The number of rotatable bonds is 4. The van der Waals surface area contributed by atoms with Crippen molar-refractivity contribution >= 4 is 83.9 Å². The fourth-order valence-corrected chi connectivity index (χ4v) is 9.12. The third kappa shape index (κ3) is 4.49.